The Bertz CT molecular complexity index is 613. The normalized spacial score (nSPS) is 16.0. The monoisotopic (exact) mass is 355 g/mol. The van der Waals surface area contributed by atoms with Crippen molar-refractivity contribution in [3.8, 4) is 0 Å². The van der Waals surface area contributed by atoms with Gasteiger partial charge in [0.15, 0.2) is 0 Å². The van der Waals surface area contributed by atoms with Gasteiger partial charge >= 0.3 is 0 Å². The number of benzene rings is 2. The molecule has 0 heterocycles. The highest BCUT2D eigenvalue weighted by molar-refractivity contribution is 5.18. The number of hydrogen-bond acceptors (Lipinski definition) is 3. The fourth-order valence-corrected chi connectivity index (χ4v) is 3.21. The molecular formula is C23H33NO2. The van der Waals surface area contributed by atoms with Gasteiger partial charge in [-0.05, 0) is 43.7 Å². The summed E-state index contributed by atoms with van der Waals surface area (Å²) in [5.41, 5.74) is 1.63. The minimum atomic E-state index is -0.832. The van der Waals surface area contributed by atoms with E-state index in [2.05, 4.69) is 48.6 Å². The summed E-state index contributed by atoms with van der Waals surface area (Å²) in [7, 11) is 0. The second-order valence-corrected chi connectivity index (χ2v) is 7.22. The van der Waals surface area contributed by atoms with Gasteiger partial charge in [0, 0.05) is 25.8 Å². The SMILES string of the molecule is CCOCCC(C)C(C)(O)C(Cc1ccccc1)NCc1ccccc1. The summed E-state index contributed by atoms with van der Waals surface area (Å²) in [6.45, 7) is 8.21. The number of aliphatic hydroxyl groups is 1. The number of hydrogen-bond donors (Lipinski definition) is 2. The van der Waals surface area contributed by atoms with Crippen LogP contribution in [0.1, 0.15) is 38.3 Å². The summed E-state index contributed by atoms with van der Waals surface area (Å²) in [6.07, 6.45) is 1.64. The van der Waals surface area contributed by atoms with E-state index in [1.54, 1.807) is 0 Å². The number of nitrogens with one attached hydrogen (secondary N) is 1. The third-order valence-electron chi connectivity index (χ3n) is 5.28. The average Bonchev–Trinajstić information content (AvgIpc) is 2.66. The zero-order valence-corrected chi connectivity index (χ0v) is 16.3. The molecule has 2 rings (SSSR count). The van der Waals surface area contributed by atoms with E-state index in [9.17, 15) is 5.11 Å². The molecule has 0 fully saturated rings. The van der Waals surface area contributed by atoms with Crippen molar-refractivity contribution in [2.75, 3.05) is 13.2 Å². The maximum atomic E-state index is 11.4. The summed E-state index contributed by atoms with van der Waals surface area (Å²) in [5.74, 6) is 0.131. The van der Waals surface area contributed by atoms with Gasteiger partial charge in [0.1, 0.15) is 0 Å². The zero-order valence-electron chi connectivity index (χ0n) is 16.3. The molecule has 0 aromatic heterocycles. The van der Waals surface area contributed by atoms with Crippen LogP contribution in [0, 0.1) is 5.92 Å². The van der Waals surface area contributed by atoms with Gasteiger partial charge in [-0.2, -0.15) is 0 Å². The van der Waals surface area contributed by atoms with E-state index in [0.29, 0.717) is 13.2 Å². The maximum absolute atomic E-state index is 11.4. The highest BCUT2D eigenvalue weighted by Gasteiger charge is 2.36. The smallest absolute Gasteiger partial charge is 0.0801 e. The van der Waals surface area contributed by atoms with Crippen molar-refractivity contribution in [2.45, 2.75) is 51.8 Å². The van der Waals surface area contributed by atoms with Crippen LogP contribution in [0.3, 0.4) is 0 Å². The largest absolute Gasteiger partial charge is 0.388 e. The molecule has 26 heavy (non-hydrogen) atoms. The molecule has 0 amide bonds. The van der Waals surface area contributed by atoms with Crippen molar-refractivity contribution in [3.05, 3.63) is 71.8 Å². The Morgan fingerprint density at radius 2 is 1.58 bits per heavy atom. The molecule has 0 radical (unpaired) electrons. The first kappa shape index (κ1) is 20.6. The Labute approximate surface area is 158 Å². The molecule has 0 spiro atoms. The molecule has 3 unspecified atom stereocenters. The molecule has 0 aliphatic carbocycles. The maximum Gasteiger partial charge on any atom is 0.0801 e. The molecule has 0 aliphatic heterocycles. The van der Waals surface area contributed by atoms with E-state index >= 15 is 0 Å². The third kappa shape index (κ3) is 6.24. The minimum Gasteiger partial charge on any atom is -0.388 e. The van der Waals surface area contributed by atoms with E-state index < -0.39 is 5.60 Å². The van der Waals surface area contributed by atoms with Crippen molar-refractivity contribution in [1.29, 1.82) is 0 Å². The molecular weight excluding hydrogens is 322 g/mol. The fourth-order valence-electron chi connectivity index (χ4n) is 3.21. The van der Waals surface area contributed by atoms with Crippen molar-refractivity contribution < 1.29 is 9.84 Å². The van der Waals surface area contributed by atoms with Crippen LogP contribution in [0.15, 0.2) is 60.7 Å². The van der Waals surface area contributed by atoms with E-state index in [-0.39, 0.29) is 12.0 Å². The Hall–Kier alpha value is -1.68. The highest BCUT2D eigenvalue weighted by Crippen LogP contribution is 2.27. The number of rotatable bonds is 11. The van der Waals surface area contributed by atoms with Gasteiger partial charge in [0.2, 0.25) is 0 Å². The van der Waals surface area contributed by atoms with Crippen LogP contribution in [0.2, 0.25) is 0 Å². The van der Waals surface area contributed by atoms with Crippen molar-refractivity contribution >= 4 is 0 Å². The van der Waals surface area contributed by atoms with Crippen LogP contribution in [-0.2, 0) is 17.7 Å². The van der Waals surface area contributed by atoms with Gasteiger partial charge in [0.25, 0.3) is 0 Å². The highest BCUT2D eigenvalue weighted by atomic mass is 16.5. The second-order valence-electron chi connectivity index (χ2n) is 7.22. The van der Waals surface area contributed by atoms with Gasteiger partial charge < -0.3 is 15.2 Å². The first-order valence-corrected chi connectivity index (χ1v) is 9.65. The van der Waals surface area contributed by atoms with E-state index in [1.165, 1.54) is 11.1 Å². The molecule has 3 atom stereocenters. The lowest BCUT2D eigenvalue weighted by Crippen LogP contribution is -2.54. The van der Waals surface area contributed by atoms with Crippen LogP contribution in [0.4, 0.5) is 0 Å². The first-order chi connectivity index (χ1) is 12.5. The molecule has 142 valence electrons. The Balaban J connectivity index is 2.09. The van der Waals surface area contributed by atoms with Gasteiger partial charge in [-0.3, -0.25) is 0 Å². The van der Waals surface area contributed by atoms with Crippen LogP contribution >= 0.6 is 0 Å². The lowest BCUT2D eigenvalue weighted by Gasteiger charge is -2.39. The average molecular weight is 356 g/mol. The summed E-state index contributed by atoms with van der Waals surface area (Å²) < 4.78 is 5.50. The van der Waals surface area contributed by atoms with Crippen molar-refractivity contribution in [1.82, 2.24) is 5.32 Å². The Morgan fingerprint density at radius 3 is 2.15 bits per heavy atom. The first-order valence-electron chi connectivity index (χ1n) is 9.65. The molecule has 0 saturated carbocycles. The number of ether oxygens (including phenoxy) is 1. The van der Waals surface area contributed by atoms with Crippen LogP contribution in [0.25, 0.3) is 0 Å². The molecule has 3 nitrogen and oxygen atoms in total. The van der Waals surface area contributed by atoms with E-state index in [4.69, 9.17) is 4.74 Å². The van der Waals surface area contributed by atoms with Crippen LogP contribution in [-0.4, -0.2) is 30.0 Å². The minimum absolute atomic E-state index is 0.0401. The molecule has 0 bridgehead atoms. The van der Waals surface area contributed by atoms with Crippen molar-refractivity contribution in [2.24, 2.45) is 5.92 Å². The van der Waals surface area contributed by atoms with Gasteiger partial charge in [-0.1, -0.05) is 67.6 Å². The standard InChI is InChI=1S/C23H33NO2/c1-4-26-16-15-19(2)23(3,25)22(17-20-11-7-5-8-12-20)24-18-21-13-9-6-10-14-21/h5-14,19,22,24-25H,4,15-18H2,1-3H3. The summed E-state index contributed by atoms with van der Waals surface area (Å²) >= 11 is 0. The molecule has 0 saturated heterocycles. The van der Waals surface area contributed by atoms with Gasteiger partial charge in [-0.25, -0.2) is 0 Å². The third-order valence-corrected chi connectivity index (χ3v) is 5.28. The fraction of sp³-hybridized carbons (Fsp3) is 0.478. The van der Waals surface area contributed by atoms with Gasteiger partial charge in [0.05, 0.1) is 5.60 Å². The predicted octanol–water partition coefficient (Wildman–Crippen LogP) is 4.20. The predicted molar refractivity (Wildman–Crippen MR) is 108 cm³/mol. The zero-order chi connectivity index (χ0) is 18.8. The summed E-state index contributed by atoms with van der Waals surface area (Å²) in [6, 6.07) is 20.7. The van der Waals surface area contributed by atoms with E-state index in [0.717, 1.165) is 19.4 Å². The molecule has 2 N–H and O–H groups in total. The van der Waals surface area contributed by atoms with Gasteiger partial charge in [-0.15, -0.1) is 0 Å². The lowest BCUT2D eigenvalue weighted by atomic mass is 9.79. The lowest BCUT2D eigenvalue weighted by molar-refractivity contribution is -0.0401. The molecule has 3 heteroatoms. The van der Waals surface area contributed by atoms with Crippen LogP contribution < -0.4 is 5.32 Å². The Kier molecular flexibility index (Phi) is 8.30. The van der Waals surface area contributed by atoms with Crippen LogP contribution in [0.5, 0.6) is 0 Å². The second kappa shape index (κ2) is 10.5. The molecule has 2 aromatic rings. The van der Waals surface area contributed by atoms with E-state index in [1.807, 2.05) is 38.1 Å². The summed E-state index contributed by atoms with van der Waals surface area (Å²) in [4.78, 5) is 0. The Morgan fingerprint density at radius 1 is 1.00 bits per heavy atom. The quantitative estimate of drug-likeness (QED) is 0.594. The topological polar surface area (TPSA) is 41.5 Å². The molecule has 2 aromatic carbocycles. The molecule has 0 aliphatic rings. The summed E-state index contributed by atoms with van der Waals surface area (Å²) in [5, 5.41) is 15.0. The van der Waals surface area contributed by atoms with Crippen molar-refractivity contribution in [3.63, 3.8) is 0 Å².